The molecule has 1 atom stereocenters. The molecule has 2 nitrogen and oxygen atoms in total. The van der Waals surface area contributed by atoms with Gasteiger partial charge < -0.3 is 5.73 Å². The molecule has 0 radical (unpaired) electrons. The fourth-order valence-corrected chi connectivity index (χ4v) is 2.85. The number of hydrogen-bond donors (Lipinski definition) is 1. The molecule has 0 bridgehead atoms. The zero-order chi connectivity index (χ0) is 12.3. The van der Waals surface area contributed by atoms with Crippen LogP contribution in [0.5, 0.6) is 0 Å². The van der Waals surface area contributed by atoms with Gasteiger partial charge in [0.05, 0.1) is 11.7 Å². The van der Waals surface area contributed by atoms with Crippen molar-refractivity contribution in [2.24, 2.45) is 5.73 Å². The van der Waals surface area contributed by atoms with Gasteiger partial charge in [-0.05, 0) is 24.8 Å². The molecule has 0 aliphatic rings. The Balaban J connectivity index is 2.24. The molecule has 1 aromatic carbocycles. The van der Waals surface area contributed by atoms with Crippen LogP contribution in [0.4, 0.5) is 0 Å². The van der Waals surface area contributed by atoms with E-state index in [-0.39, 0.29) is 6.04 Å². The van der Waals surface area contributed by atoms with Crippen LogP contribution in [0.3, 0.4) is 0 Å². The minimum absolute atomic E-state index is 0.0687. The van der Waals surface area contributed by atoms with Crippen molar-refractivity contribution in [2.45, 2.75) is 24.3 Å². The largest absolute Gasteiger partial charge is 0.322 e. The van der Waals surface area contributed by atoms with Gasteiger partial charge in [0.1, 0.15) is 5.01 Å². The first-order valence-corrected chi connectivity index (χ1v) is 7.70. The lowest BCUT2D eigenvalue weighted by Gasteiger charge is -2.03. The molecule has 17 heavy (non-hydrogen) atoms. The van der Waals surface area contributed by atoms with E-state index in [0.717, 1.165) is 22.7 Å². The van der Waals surface area contributed by atoms with E-state index in [0.29, 0.717) is 0 Å². The van der Waals surface area contributed by atoms with Gasteiger partial charge in [-0.1, -0.05) is 19.1 Å². The van der Waals surface area contributed by atoms with Gasteiger partial charge in [-0.15, -0.1) is 23.1 Å². The second-order valence-corrected chi connectivity index (χ2v) is 5.58. The molecule has 0 aliphatic heterocycles. The van der Waals surface area contributed by atoms with E-state index in [4.69, 9.17) is 5.73 Å². The molecule has 90 valence electrons. The van der Waals surface area contributed by atoms with Crippen LogP contribution < -0.4 is 5.73 Å². The second kappa shape index (κ2) is 5.67. The first kappa shape index (κ1) is 12.6. The highest BCUT2D eigenvalue weighted by atomic mass is 32.2. The predicted octanol–water partition coefficient (Wildman–Crippen LogP) is 3.94. The summed E-state index contributed by atoms with van der Waals surface area (Å²) in [4.78, 5) is 5.87. The first-order valence-electron chi connectivity index (χ1n) is 5.60. The summed E-state index contributed by atoms with van der Waals surface area (Å²) in [6.07, 6.45) is 3.01. The van der Waals surface area contributed by atoms with Gasteiger partial charge in [-0.3, -0.25) is 0 Å². The standard InChI is InChI=1S/C13H16N2S2/c1-3-11(14)13-15-12(8-17-13)9-4-6-10(16-2)7-5-9/h4-8,11H,3,14H2,1-2H3. The summed E-state index contributed by atoms with van der Waals surface area (Å²) in [6, 6.07) is 8.54. The van der Waals surface area contributed by atoms with Crippen LogP contribution in [0.25, 0.3) is 11.3 Å². The van der Waals surface area contributed by atoms with Gasteiger partial charge in [0.15, 0.2) is 0 Å². The summed E-state index contributed by atoms with van der Waals surface area (Å²) in [5.41, 5.74) is 8.17. The SMILES string of the molecule is CCC(N)c1nc(-c2ccc(SC)cc2)cs1. The highest BCUT2D eigenvalue weighted by molar-refractivity contribution is 7.98. The number of thioether (sulfide) groups is 1. The average Bonchev–Trinajstić information content (AvgIpc) is 2.87. The van der Waals surface area contributed by atoms with E-state index < -0.39 is 0 Å². The van der Waals surface area contributed by atoms with Gasteiger partial charge in [0, 0.05) is 15.8 Å². The monoisotopic (exact) mass is 264 g/mol. The molecule has 1 heterocycles. The fraction of sp³-hybridized carbons (Fsp3) is 0.308. The molecule has 1 unspecified atom stereocenters. The summed E-state index contributed by atoms with van der Waals surface area (Å²) < 4.78 is 0. The average molecular weight is 264 g/mol. The molecule has 2 N–H and O–H groups in total. The number of thiazole rings is 1. The topological polar surface area (TPSA) is 38.9 Å². The summed E-state index contributed by atoms with van der Waals surface area (Å²) in [5.74, 6) is 0. The fourth-order valence-electron chi connectivity index (χ4n) is 1.53. The van der Waals surface area contributed by atoms with Crippen molar-refractivity contribution < 1.29 is 0 Å². The van der Waals surface area contributed by atoms with Gasteiger partial charge in [0.25, 0.3) is 0 Å². The lowest BCUT2D eigenvalue weighted by atomic mass is 10.2. The van der Waals surface area contributed by atoms with Crippen molar-refractivity contribution in [1.82, 2.24) is 4.98 Å². The lowest BCUT2D eigenvalue weighted by Crippen LogP contribution is -2.07. The molecule has 2 rings (SSSR count). The zero-order valence-corrected chi connectivity index (χ0v) is 11.6. The Morgan fingerprint density at radius 3 is 2.65 bits per heavy atom. The van der Waals surface area contributed by atoms with E-state index in [1.165, 1.54) is 4.90 Å². The van der Waals surface area contributed by atoms with Crippen molar-refractivity contribution in [3.63, 3.8) is 0 Å². The number of nitrogens with zero attached hydrogens (tertiary/aromatic N) is 1. The highest BCUT2D eigenvalue weighted by Gasteiger charge is 2.09. The van der Waals surface area contributed by atoms with Crippen LogP contribution in [-0.2, 0) is 0 Å². The lowest BCUT2D eigenvalue weighted by molar-refractivity contribution is 0.693. The zero-order valence-electron chi connectivity index (χ0n) is 10.0. The Labute approximate surface area is 110 Å². The van der Waals surface area contributed by atoms with Crippen LogP contribution in [0.15, 0.2) is 34.5 Å². The Morgan fingerprint density at radius 1 is 1.35 bits per heavy atom. The van der Waals surface area contributed by atoms with Crippen molar-refractivity contribution >= 4 is 23.1 Å². The molecule has 0 fully saturated rings. The van der Waals surface area contributed by atoms with Crippen LogP contribution >= 0.6 is 23.1 Å². The van der Waals surface area contributed by atoms with Gasteiger partial charge >= 0.3 is 0 Å². The first-order chi connectivity index (χ1) is 8.24. The van der Waals surface area contributed by atoms with Crippen LogP contribution in [-0.4, -0.2) is 11.2 Å². The number of nitrogens with two attached hydrogens (primary N) is 1. The predicted molar refractivity (Wildman–Crippen MR) is 76.6 cm³/mol. The van der Waals surface area contributed by atoms with E-state index >= 15 is 0 Å². The normalized spacial score (nSPS) is 12.6. The Morgan fingerprint density at radius 2 is 2.06 bits per heavy atom. The van der Waals surface area contributed by atoms with Crippen molar-refractivity contribution in [2.75, 3.05) is 6.26 Å². The molecule has 0 saturated heterocycles. The third kappa shape index (κ3) is 2.89. The number of aromatic nitrogens is 1. The van der Waals surface area contributed by atoms with E-state index in [1.54, 1.807) is 23.1 Å². The quantitative estimate of drug-likeness (QED) is 0.850. The van der Waals surface area contributed by atoms with E-state index in [1.807, 2.05) is 0 Å². The smallest absolute Gasteiger partial charge is 0.110 e. The van der Waals surface area contributed by atoms with Crippen LogP contribution in [0, 0.1) is 0 Å². The summed E-state index contributed by atoms with van der Waals surface area (Å²) in [6.45, 7) is 2.08. The summed E-state index contributed by atoms with van der Waals surface area (Å²) >= 11 is 3.39. The Hall–Kier alpha value is -0.840. The minimum atomic E-state index is 0.0687. The maximum atomic E-state index is 5.98. The van der Waals surface area contributed by atoms with Gasteiger partial charge in [0.2, 0.25) is 0 Å². The number of hydrogen-bond acceptors (Lipinski definition) is 4. The third-order valence-corrected chi connectivity index (χ3v) is 4.38. The van der Waals surface area contributed by atoms with Gasteiger partial charge in [-0.2, -0.15) is 0 Å². The van der Waals surface area contributed by atoms with Crippen molar-refractivity contribution in [1.29, 1.82) is 0 Å². The highest BCUT2D eigenvalue weighted by Crippen LogP contribution is 2.27. The molecule has 1 aromatic heterocycles. The van der Waals surface area contributed by atoms with Crippen LogP contribution in [0.2, 0.25) is 0 Å². The third-order valence-electron chi connectivity index (χ3n) is 2.66. The van der Waals surface area contributed by atoms with Crippen LogP contribution in [0.1, 0.15) is 24.4 Å². The Kier molecular flexibility index (Phi) is 4.20. The molecular formula is C13H16N2S2. The van der Waals surface area contributed by atoms with Gasteiger partial charge in [-0.25, -0.2) is 4.98 Å². The molecule has 0 amide bonds. The molecule has 2 aromatic rings. The van der Waals surface area contributed by atoms with E-state index in [9.17, 15) is 0 Å². The maximum Gasteiger partial charge on any atom is 0.110 e. The molecular weight excluding hydrogens is 248 g/mol. The molecule has 0 saturated carbocycles. The molecule has 0 aliphatic carbocycles. The number of benzene rings is 1. The molecule has 0 spiro atoms. The Bertz CT molecular complexity index is 476. The summed E-state index contributed by atoms with van der Waals surface area (Å²) in [5, 5.41) is 3.11. The van der Waals surface area contributed by atoms with Crippen molar-refractivity contribution in [3.05, 3.63) is 34.7 Å². The minimum Gasteiger partial charge on any atom is -0.322 e. The summed E-state index contributed by atoms with van der Waals surface area (Å²) in [7, 11) is 0. The van der Waals surface area contributed by atoms with Crippen molar-refractivity contribution in [3.8, 4) is 11.3 Å². The van der Waals surface area contributed by atoms with E-state index in [2.05, 4.69) is 47.8 Å². The molecule has 4 heteroatoms. The second-order valence-electron chi connectivity index (χ2n) is 3.81. The number of rotatable bonds is 4. The maximum absolute atomic E-state index is 5.98.